The van der Waals surface area contributed by atoms with Crippen molar-refractivity contribution in [1.29, 1.82) is 0 Å². The Kier molecular flexibility index (Phi) is 4.45. The van der Waals surface area contributed by atoms with Crippen LogP contribution in [0.15, 0.2) is 59.7 Å². The van der Waals surface area contributed by atoms with Crippen molar-refractivity contribution in [3.8, 4) is 22.6 Å². The summed E-state index contributed by atoms with van der Waals surface area (Å²) in [6, 6.07) is 10.5. The molecule has 3 aliphatic rings. The monoisotopic (exact) mass is 447 g/mol. The molecule has 0 unspecified atom stereocenters. The van der Waals surface area contributed by atoms with Gasteiger partial charge in [-0.3, -0.25) is 4.98 Å². The van der Waals surface area contributed by atoms with E-state index in [1.54, 1.807) is 24.4 Å². The van der Waals surface area contributed by atoms with Gasteiger partial charge in [-0.1, -0.05) is 12.1 Å². The van der Waals surface area contributed by atoms with Gasteiger partial charge in [0.05, 0.1) is 25.1 Å². The van der Waals surface area contributed by atoms with E-state index in [1.807, 2.05) is 12.1 Å². The molecular formula is C25H19F2N3O3. The average Bonchev–Trinajstić information content (AvgIpc) is 3.23. The van der Waals surface area contributed by atoms with E-state index in [1.165, 1.54) is 6.07 Å². The fraction of sp³-hybridized carbons (Fsp3) is 0.200. The van der Waals surface area contributed by atoms with E-state index in [-0.39, 0.29) is 18.2 Å². The first-order valence-electron chi connectivity index (χ1n) is 10.6. The molecule has 2 N–H and O–H groups in total. The van der Waals surface area contributed by atoms with Crippen molar-refractivity contribution in [1.82, 2.24) is 4.98 Å². The molecule has 166 valence electrons. The van der Waals surface area contributed by atoms with E-state index in [4.69, 9.17) is 19.9 Å². The smallest absolute Gasteiger partial charge is 0.283 e. The van der Waals surface area contributed by atoms with Crippen molar-refractivity contribution in [2.24, 2.45) is 10.7 Å². The lowest BCUT2D eigenvalue weighted by atomic mass is 9.80. The number of ether oxygens (including phenoxy) is 3. The van der Waals surface area contributed by atoms with E-state index in [2.05, 4.69) is 9.98 Å². The highest BCUT2D eigenvalue weighted by atomic mass is 19.1. The molecule has 0 aliphatic carbocycles. The SMILES string of the molecule is NC1=N[C@@]2(CO1)c1cc(-c3cc(F)ccc3F)ccc1Oc1cnc(C3=CCOCC3)cc12. The van der Waals surface area contributed by atoms with Crippen LogP contribution in [0, 0.1) is 11.6 Å². The summed E-state index contributed by atoms with van der Waals surface area (Å²) in [7, 11) is 0. The standard InChI is InChI=1S/C25H19F2N3O3/c26-16-2-3-20(27)17(10-16)15-1-4-22-18(9-15)25(13-32-24(28)30-25)19-11-21(29-12-23(19)33-22)14-5-7-31-8-6-14/h1-5,9-12H,6-8,13H2,(H2,28,30)/t25-/m0/s1. The first kappa shape index (κ1) is 19.9. The van der Waals surface area contributed by atoms with Gasteiger partial charge in [0.25, 0.3) is 6.02 Å². The number of aliphatic imine (C=N–C) groups is 1. The van der Waals surface area contributed by atoms with Crippen molar-refractivity contribution in [2.75, 3.05) is 19.8 Å². The van der Waals surface area contributed by atoms with E-state index in [0.29, 0.717) is 35.8 Å². The molecule has 33 heavy (non-hydrogen) atoms. The second-order valence-electron chi connectivity index (χ2n) is 8.16. The van der Waals surface area contributed by atoms with Gasteiger partial charge in [-0.05, 0) is 54.0 Å². The molecule has 0 fully saturated rings. The van der Waals surface area contributed by atoms with Crippen LogP contribution < -0.4 is 10.5 Å². The molecular weight excluding hydrogens is 428 g/mol. The van der Waals surface area contributed by atoms with Gasteiger partial charge in [0, 0.05) is 16.7 Å². The molecule has 1 spiro atoms. The first-order valence-corrected chi connectivity index (χ1v) is 10.6. The summed E-state index contributed by atoms with van der Waals surface area (Å²) in [6.07, 6.45) is 4.44. The van der Waals surface area contributed by atoms with Crippen molar-refractivity contribution in [3.05, 3.63) is 83.2 Å². The maximum absolute atomic E-state index is 14.5. The molecule has 6 nitrogen and oxygen atoms in total. The summed E-state index contributed by atoms with van der Waals surface area (Å²) in [5, 5.41) is 0. The lowest BCUT2D eigenvalue weighted by molar-refractivity contribution is 0.161. The maximum Gasteiger partial charge on any atom is 0.283 e. The van der Waals surface area contributed by atoms with Gasteiger partial charge < -0.3 is 19.9 Å². The van der Waals surface area contributed by atoms with E-state index < -0.39 is 17.2 Å². The number of halogens is 2. The quantitative estimate of drug-likeness (QED) is 0.625. The first-order chi connectivity index (χ1) is 16.0. The van der Waals surface area contributed by atoms with Gasteiger partial charge in [0.1, 0.15) is 24.0 Å². The van der Waals surface area contributed by atoms with Crippen molar-refractivity contribution in [3.63, 3.8) is 0 Å². The summed E-state index contributed by atoms with van der Waals surface area (Å²) in [5.41, 5.74) is 8.92. The molecule has 0 amide bonds. The van der Waals surface area contributed by atoms with Crippen LogP contribution in [0.25, 0.3) is 16.7 Å². The summed E-state index contributed by atoms with van der Waals surface area (Å²) in [5.74, 6) is 0.0362. The molecule has 0 saturated heterocycles. The van der Waals surface area contributed by atoms with Crippen LogP contribution in [0.4, 0.5) is 8.78 Å². The highest BCUT2D eigenvalue weighted by molar-refractivity contribution is 5.78. The van der Waals surface area contributed by atoms with E-state index in [0.717, 1.165) is 35.4 Å². The van der Waals surface area contributed by atoms with Crippen LogP contribution in [-0.2, 0) is 15.0 Å². The maximum atomic E-state index is 14.5. The van der Waals surface area contributed by atoms with Crippen LogP contribution in [0.1, 0.15) is 23.2 Å². The van der Waals surface area contributed by atoms with Crippen LogP contribution in [0.2, 0.25) is 0 Å². The number of hydrogen-bond donors (Lipinski definition) is 1. The highest BCUT2D eigenvalue weighted by Crippen LogP contribution is 2.52. The Labute approximate surface area is 188 Å². The Morgan fingerprint density at radius 3 is 2.67 bits per heavy atom. The van der Waals surface area contributed by atoms with Crippen molar-refractivity contribution >= 4 is 11.6 Å². The Morgan fingerprint density at radius 2 is 1.88 bits per heavy atom. The summed E-state index contributed by atoms with van der Waals surface area (Å²) in [4.78, 5) is 9.26. The number of nitrogens with two attached hydrogens (primary N) is 1. The molecule has 4 heterocycles. The summed E-state index contributed by atoms with van der Waals surface area (Å²) >= 11 is 0. The van der Waals surface area contributed by atoms with Gasteiger partial charge in [-0.2, -0.15) is 0 Å². The van der Waals surface area contributed by atoms with Crippen molar-refractivity contribution < 1.29 is 23.0 Å². The lowest BCUT2D eigenvalue weighted by Gasteiger charge is -2.34. The summed E-state index contributed by atoms with van der Waals surface area (Å²) < 4.78 is 45.6. The Balaban J connectivity index is 1.54. The fourth-order valence-electron chi connectivity index (χ4n) is 4.58. The molecule has 0 radical (unpaired) electrons. The minimum atomic E-state index is -0.990. The van der Waals surface area contributed by atoms with Crippen LogP contribution in [0.5, 0.6) is 11.5 Å². The third kappa shape index (κ3) is 3.17. The van der Waals surface area contributed by atoms with Gasteiger partial charge in [-0.15, -0.1) is 0 Å². The number of pyridine rings is 1. The van der Waals surface area contributed by atoms with Gasteiger partial charge in [-0.25, -0.2) is 13.8 Å². The minimum Gasteiger partial charge on any atom is -0.462 e. The zero-order valence-electron chi connectivity index (χ0n) is 17.5. The zero-order chi connectivity index (χ0) is 22.6. The Morgan fingerprint density at radius 1 is 1.00 bits per heavy atom. The van der Waals surface area contributed by atoms with Gasteiger partial charge in [0.2, 0.25) is 0 Å². The lowest BCUT2D eigenvalue weighted by Crippen LogP contribution is -2.31. The van der Waals surface area contributed by atoms with Crippen LogP contribution in [-0.4, -0.2) is 30.8 Å². The third-order valence-electron chi connectivity index (χ3n) is 6.22. The molecule has 3 aliphatic heterocycles. The number of benzene rings is 2. The number of aromatic nitrogens is 1. The molecule has 0 saturated carbocycles. The number of nitrogens with zero attached hydrogens (tertiary/aromatic N) is 2. The summed E-state index contributed by atoms with van der Waals surface area (Å²) in [6.45, 7) is 1.32. The number of rotatable bonds is 2. The van der Waals surface area contributed by atoms with Crippen LogP contribution in [0.3, 0.4) is 0 Å². The Hall–Kier alpha value is -3.78. The molecule has 8 heteroatoms. The van der Waals surface area contributed by atoms with Crippen molar-refractivity contribution in [2.45, 2.75) is 12.0 Å². The van der Waals surface area contributed by atoms with Gasteiger partial charge >= 0.3 is 0 Å². The average molecular weight is 447 g/mol. The topological polar surface area (TPSA) is 79.0 Å². The predicted octanol–water partition coefficient (Wildman–Crippen LogP) is 4.52. The van der Waals surface area contributed by atoms with Crippen LogP contribution >= 0.6 is 0 Å². The predicted molar refractivity (Wildman–Crippen MR) is 118 cm³/mol. The minimum absolute atomic E-state index is 0.0554. The molecule has 1 atom stereocenters. The second kappa shape index (κ2) is 7.38. The normalized spacial score (nSPS) is 20.9. The zero-order valence-corrected chi connectivity index (χ0v) is 17.5. The number of hydrogen-bond acceptors (Lipinski definition) is 6. The molecule has 3 aromatic rings. The molecule has 2 aromatic carbocycles. The fourth-order valence-corrected chi connectivity index (χ4v) is 4.58. The number of fused-ring (bicyclic) bond motifs is 4. The largest absolute Gasteiger partial charge is 0.462 e. The second-order valence-corrected chi connectivity index (χ2v) is 8.16. The molecule has 6 rings (SSSR count). The highest BCUT2D eigenvalue weighted by Gasteiger charge is 2.47. The molecule has 0 bridgehead atoms. The number of amidine groups is 1. The Bertz CT molecular complexity index is 1350. The van der Waals surface area contributed by atoms with E-state index in [9.17, 15) is 8.78 Å². The van der Waals surface area contributed by atoms with E-state index >= 15 is 0 Å². The molecule has 1 aromatic heterocycles. The third-order valence-corrected chi connectivity index (χ3v) is 6.22. The van der Waals surface area contributed by atoms with Gasteiger partial charge in [0.15, 0.2) is 11.3 Å².